The number of carbonyl (C=O) groups excluding carboxylic acids is 2. The fourth-order valence-electron chi connectivity index (χ4n) is 1.96. The number of hydrogen-bond acceptors (Lipinski definition) is 6. The number of Topliss-reactive ketones (excluding diaryl/α,β-unsaturated/α-hetero) is 1. The second-order valence-electron chi connectivity index (χ2n) is 4.85. The summed E-state index contributed by atoms with van der Waals surface area (Å²) >= 11 is 0. The van der Waals surface area contributed by atoms with Crippen LogP contribution in [0.2, 0.25) is 0 Å². The Balaban J connectivity index is 1.94. The summed E-state index contributed by atoms with van der Waals surface area (Å²) in [6, 6.07) is 6.58. The minimum Gasteiger partial charge on any atom is -0.490 e. The van der Waals surface area contributed by atoms with E-state index in [1.165, 1.54) is 13.0 Å². The molecule has 0 saturated carbocycles. The molecule has 0 saturated heterocycles. The van der Waals surface area contributed by atoms with Gasteiger partial charge < -0.3 is 13.9 Å². The van der Waals surface area contributed by atoms with Crippen LogP contribution in [0.25, 0.3) is 11.0 Å². The maximum Gasteiger partial charge on any atom is 0.336 e. The Hall–Kier alpha value is -2.63. The van der Waals surface area contributed by atoms with Crippen LogP contribution in [0.15, 0.2) is 33.5 Å². The normalized spacial score (nSPS) is 10.5. The van der Waals surface area contributed by atoms with E-state index in [4.69, 9.17) is 13.9 Å². The predicted octanol–water partition coefficient (Wildman–Crippen LogP) is 2.00. The van der Waals surface area contributed by atoms with Crippen molar-refractivity contribution in [2.45, 2.75) is 20.3 Å². The molecule has 2 rings (SSSR count). The van der Waals surface area contributed by atoms with Crippen molar-refractivity contribution in [1.82, 2.24) is 0 Å². The van der Waals surface area contributed by atoms with Crippen molar-refractivity contribution in [1.29, 1.82) is 0 Å². The van der Waals surface area contributed by atoms with Crippen molar-refractivity contribution in [2.75, 3.05) is 13.2 Å². The maximum atomic E-state index is 11.3. The highest BCUT2D eigenvalue weighted by atomic mass is 16.6. The van der Waals surface area contributed by atoms with Gasteiger partial charge in [-0.1, -0.05) is 0 Å². The van der Waals surface area contributed by atoms with Gasteiger partial charge in [0.15, 0.2) is 0 Å². The Morgan fingerprint density at radius 3 is 2.68 bits per heavy atom. The van der Waals surface area contributed by atoms with E-state index < -0.39 is 11.6 Å². The number of carbonyl (C=O) groups is 2. The number of fused-ring (bicyclic) bond motifs is 1. The monoisotopic (exact) mass is 304 g/mol. The zero-order chi connectivity index (χ0) is 16.1. The number of aryl methyl sites for hydroxylation is 1. The molecule has 0 aliphatic carbocycles. The number of benzene rings is 1. The Morgan fingerprint density at radius 2 is 1.95 bits per heavy atom. The lowest BCUT2D eigenvalue weighted by molar-refractivity contribution is -0.146. The lowest BCUT2D eigenvalue weighted by atomic mass is 10.1. The lowest BCUT2D eigenvalue weighted by Crippen LogP contribution is -2.14. The van der Waals surface area contributed by atoms with Gasteiger partial charge in [0, 0.05) is 17.5 Å². The second kappa shape index (κ2) is 6.89. The minimum absolute atomic E-state index is 0.0436. The molecular weight excluding hydrogens is 288 g/mol. The molecule has 1 aromatic heterocycles. The van der Waals surface area contributed by atoms with Crippen molar-refractivity contribution in [3.05, 3.63) is 40.2 Å². The molecule has 0 N–H and O–H groups in total. The van der Waals surface area contributed by atoms with E-state index in [9.17, 15) is 14.4 Å². The van der Waals surface area contributed by atoms with Gasteiger partial charge in [0.05, 0.1) is 0 Å². The fourth-order valence-corrected chi connectivity index (χ4v) is 1.96. The van der Waals surface area contributed by atoms with Crippen LogP contribution in [0.5, 0.6) is 5.75 Å². The van der Waals surface area contributed by atoms with Gasteiger partial charge in [-0.3, -0.25) is 9.59 Å². The summed E-state index contributed by atoms with van der Waals surface area (Å²) in [6.45, 7) is 3.34. The van der Waals surface area contributed by atoms with Crippen LogP contribution in [0, 0.1) is 6.92 Å². The van der Waals surface area contributed by atoms with Crippen LogP contribution in [0.4, 0.5) is 0 Å². The van der Waals surface area contributed by atoms with E-state index in [0.29, 0.717) is 11.3 Å². The third-order valence-electron chi connectivity index (χ3n) is 2.93. The summed E-state index contributed by atoms with van der Waals surface area (Å²) < 4.78 is 15.4. The average Bonchev–Trinajstić information content (AvgIpc) is 2.42. The third-order valence-corrected chi connectivity index (χ3v) is 2.93. The average molecular weight is 304 g/mol. The van der Waals surface area contributed by atoms with Gasteiger partial charge in [0.2, 0.25) is 0 Å². The number of esters is 1. The summed E-state index contributed by atoms with van der Waals surface area (Å²) in [5.41, 5.74) is 0.854. The molecule has 0 spiro atoms. The SMILES string of the molecule is CC(=O)CC(=O)OCCOc1ccc2c(C)cc(=O)oc2c1. The molecule has 0 aliphatic heterocycles. The fraction of sp³-hybridized carbons (Fsp3) is 0.312. The summed E-state index contributed by atoms with van der Waals surface area (Å²) in [5.74, 6) is -0.314. The van der Waals surface area contributed by atoms with Crippen LogP contribution >= 0.6 is 0 Å². The number of ether oxygens (including phenoxy) is 2. The molecule has 6 heteroatoms. The van der Waals surface area contributed by atoms with Crippen LogP contribution in [0.1, 0.15) is 18.9 Å². The first kappa shape index (κ1) is 15.8. The standard InChI is InChI=1S/C16H16O6/c1-10-7-16(19)22-14-9-12(3-4-13(10)14)20-5-6-21-15(18)8-11(2)17/h3-4,7,9H,5-6,8H2,1-2H3. The first-order valence-corrected chi connectivity index (χ1v) is 6.78. The Labute approximate surface area is 126 Å². The maximum absolute atomic E-state index is 11.3. The van der Waals surface area contributed by atoms with Crippen LogP contribution in [-0.4, -0.2) is 25.0 Å². The first-order valence-electron chi connectivity index (χ1n) is 6.78. The van der Waals surface area contributed by atoms with Crippen LogP contribution < -0.4 is 10.4 Å². The van der Waals surface area contributed by atoms with Gasteiger partial charge in [-0.2, -0.15) is 0 Å². The Kier molecular flexibility index (Phi) is 4.93. The van der Waals surface area contributed by atoms with E-state index >= 15 is 0 Å². The molecule has 6 nitrogen and oxygen atoms in total. The molecule has 0 radical (unpaired) electrons. The molecule has 0 bridgehead atoms. The Bertz CT molecular complexity index is 759. The first-order chi connectivity index (χ1) is 10.5. The van der Waals surface area contributed by atoms with Crippen LogP contribution in [0.3, 0.4) is 0 Å². The van der Waals surface area contributed by atoms with Crippen molar-refractivity contribution < 1.29 is 23.5 Å². The second-order valence-corrected chi connectivity index (χ2v) is 4.85. The van der Waals surface area contributed by atoms with Gasteiger partial charge in [-0.05, 0) is 31.5 Å². The van der Waals surface area contributed by atoms with Crippen molar-refractivity contribution in [3.63, 3.8) is 0 Å². The molecule has 1 aromatic carbocycles. The highest BCUT2D eigenvalue weighted by Gasteiger charge is 2.07. The van der Waals surface area contributed by atoms with E-state index in [-0.39, 0.29) is 25.4 Å². The summed E-state index contributed by atoms with van der Waals surface area (Å²) in [6.07, 6.45) is -0.236. The summed E-state index contributed by atoms with van der Waals surface area (Å²) in [7, 11) is 0. The van der Waals surface area contributed by atoms with Gasteiger partial charge >= 0.3 is 11.6 Å². The van der Waals surface area contributed by atoms with E-state index in [1.54, 1.807) is 18.2 Å². The molecule has 2 aromatic rings. The van der Waals surface area contributed by atoms with Gasteiger partial charge in [-0.15, -0.1) is 0 Å². The molecule has 0 fully saturated rings. The smallest absolute Gasteiger partial charge is 0.336 e. The molecule has 1 heterocycles. The third kappa shape index (κ3) is 4.18. The molecule has 0 aliphatic rings. The quantitative estimate of drug-likeness (QED) is 0.351. The van der Waals surface area contributed by atoms with Gasteiger partial charge in [0.25, 0.3) is 0 Å². The molecule has 0 atom stereocenters. The van der Waals surface area contributed by atoms with Crippen LogP contribution in [-0.2, 0) is 14.3 Å². The topological polar surface area (TPSA) is 82.8 Å². The molecule has 0 amide bonds. The number of ketones is 1. The lowest BCUT2D eigenvalue weighted by Gasteiger charge is -2.08. The highest BCUT2D eigenvalue weighted by Crippen LogP contribution is 2.22. The number of hydrogen-bond donors (Lipinski definition) is 0. The van der Waals surface area contributed by atoms with Crippen molar-refractivity contribution >= 4 is 22.7 Å². The largest absolute Gasteiger partial charge is 0.490 e. The molecular formula is C16H16O6. The van der Waals surface area contributed by atoms with E-state index in [0.717, 1.165) is 10.9 Å². The number of rotatable bonds is 6. The molecule has 0 unspecified atom stereocenters. The molecule has 116 valence electrons. The van der Waals surface area contributed by atoms with E-state index in [2.05, 4.69) is 0 Å². The van der Waals surface area contributed by atoms with Crippen molar-refractivity contribution in [3.8, 4) is 5.75 Å². The minimum atomic E-state index is -0.573. The Morgan fingerprint density at radius 1 is 1.18 bits per heavy atom. The van der Waals surface area contributed by atoms with Crippen molar-refractivity contribution in [2.24, 2.45) is 0 Å². The van der Waals surface area contributed by atoms with Gasteiger partial charge in [0.1, 0.15) is 36.8 Å². The van der Waals surface area contributed by atoms with E-state index in [1.807, 2.05) is 6.92 Å². The zero-order valence-corrected chi connectivity index (χ0v) is 12.4. The summed E-state index contributed by atoms with van der Waals surface area (Å²) in [4.78, 5) is 33.2. The predicted molar refractivity (Wildman–Crippen MR) is 79.0 cm³/mol. The molecule has 22 heavy (non-hydrogen) atoms. The van der Waals surface area contributed by atoms with Gasteiger partial charge in [-0.25, -0.2) is 4.79 Å². The summed E-state index contributed by atoms with van der Waals surface area (Å²) in [5, 5.41) is 0.833. The highest BCUT2D eigenvalue weighted by molar-refractivity contribution is 5.94. The zero-order valence-electron chi connectivity index (χ0n) is 12.4.